The van der Waals surface area contributed by atoms with Crippen LogP contribution in [0.4, 0.5) is 0 Å². The summed E-state index contributed by atoms with van der Waals surface area (Å²) in [6.07, 6.45) is 0.288. The maximum atomic E-state index is 5.50. The first-order valence-corrected chi connectivity index (χ1v) is 6.55. The van der Waals surface area contributed by atoms with Gasteiger partial charge < -0.3 is 9.47 Å². The Hall–Kier alpha value is -0.940. The van der Waals surface area contributed by atoms with Gasteiger partial charge in [-0.3, -0.25) is 9.80 Å². The van der Waals surface area contributed by atoms with Crippen LogP contribution < -0.4 is 0 Å². The number of aryl methyl sites for hydroxylation is 1. The second-order valence-electron chi connectivity index (χ2n) is 4.98. The van der Waals surface area contributed by atoms with Gasteiger partial charge in [-0.15, -0.1) is 0 Å². The maximum absolute atomic E-state index is 5.50. The monoisotopic (exact) mass is 248 g/mol. The number of ether oxygens (including phenoxy) is 2. The lowest BCUT2D eigenvalue weighted by Crippen LogP contribution is -2.39. The molecule has 2 fully saturated rings. The molecule has 0 aromatic heterocycles. The van der Waals surface area contributed by atoms with Gasteiger partial charge in [0.15, 0.2) is 0 Å². The average Bonchev–Trinajstić information content (AvgIpc) is 3.06. The number of hydrogen-bond acceptors (Lipinski definition) is 4. The van der Waals surface area contributed by atoms with E-state index in [1.54, 1.807) is 0 Å². The van der Waals surface area contributed by atoms with Crippen LogP contribution in [-0.2, 0) is 9.47 Å². The Kier molecular flexibility index (Phi) is 3.61. The average molecular weight is 248 g/mol. The van der Waals surface area contributed by atoms with Crippen molar-refractivity contribution in [2.75, 3.05) is 39.8 Å². The third kappa shape index (κ3) is 2.42. The van der Waals surface area contributed by atoms with Crippen LogP contribution in [-0.4, -0.2) is 49.6 Å². The van der Waals surface area contributed by atoms with Crippen LogP contribution >= 0.6 is 0 Å². The lowest BCUT2D eigenvalue weighted by atomic mass is 10.1. The third-order valence-electron chi connectivity index (χ3n) is 3.63. The zero-order valence-electron chi connectivity index (χ0n) is 10.8. The van der Waals surface area contributed by atoms with Crippen molar-refractivity contribution >= 4 is 0 Å². The molecule has 98 valence electrons. The highest BCUT2D eigenvalue weighted by Gasteiger charge is 2.31. The van der Waals surface area contributed by atoms with Crippen LogP contribution in [0.15, 0.2) is 24.3 Å². The van der Waals surface area contributed by atoms with Crippen molar-refractivity contribution in [3.05, 3.63) is 35.4 Å². The van der Waals surface area contributed by atoms with Crippen molar-refractivity contribution in [1.82, 2.24) is 9.80 Å². The summed E-state index contributed by atoms with van der Waals surface area (Å²) in [5, 5.41) is 0. The fourth-order valence-corrected chi connectivity index (χ4v) is 2.63. The maximum Gasteiger partial charge on any atom is 0.101 e. The standard InChI is InChI=1S/C14H20N2O2/c1-12-2-4-13(5-3-12)14(15-6-8-17-10-15)16-7-9-18-11-16/h2-5,14H,6-11H2,1H3. The molecular weight excluding hydrogens is 228 g/mol. The van der Waals surface area contributed by atoms with E-state index >= 15 is 0 Å². The molecule has 0 bridgehead atoms. The largest absolute Gasteiger partial charge is 0.365 e. The van der Waals surface area contributed by atoms with Crippen molar-refractivity contribution < 1.29 is 9.47 Å². The molecule has 2 aliphatic rings. The van der Waals surface area contributed by atoms with Gasteiger partial charge in [-0.1, -0.05) is 29.8 Å². The van der Waals surface area contributed by atoms with Crippen molar-refractivity contribution in [2.24, 2.45) is 0 Å². The van der Waals surface area contributed by atoms with Crippen LogP contribution in [0.3, 0.4) is 0 Å². The molecule has 1 aromatic carbocycles. The van der Waals surface area contributed by atoms with E-state index in [0.717, 1.165) is 39.8 Å². The molecule has 4 heteroatoms. The van der Waals surface area contributed by atoms with Gasteiger partial charge in [0.2, 0.25) is 0 Å². The third-order valence-corrected chi connectivity index (χ3v) is 3.63. The minimum atomic E-state index is 0.288. The van der Waals surface area contributed by atoms with E-state index in [2.05, 4.69) is 41.0 Å². The Morgan fingerprint density at radius 1 is 0.944 bits per heavy atom. The molecule has 0 saturated carbocycles. The SMILES string of the molecule is Cc1ccc(C(N2CCOC2)N2CCOC2)cc1. The van der Waals surface area contributed by atoms with Crippen molar-refractivity contribution in [1.29, 1.82) is 0 Å². The molecule has 0 atom stereocenters. The van der Waals surface area contributed by atoms with Crippen LogP contribution in [0.25, 0.3) is 0 Å². The minimum Gasteiger partial charge on any atom is -0.365 e. The number of hydrogen-bond donors (Lipinski definition) is 0. The molecule has 3 rings (SSSR count). The summed E-state index contributed by atoms with van der Waals surface area (Å²) in [5.74, 6) is 0. The molecule has 2 aliphatic heterocycles. The predicted molar refractivity (Wildman–Crippen MR) is 69.0 cm³/mol. The summed E-state index contributed by atoms with van der Waals surface area (Å²) in [6, 6.07) is 8.79. The fraction of sp³-hybridized carbons (Fsp3) is 0.571. The number of benzene rings is 1. The minimum absolute atomic E-state index is 0.288. The quantitative estimate of drug-likeness (QED) is 0.810. The zero-order chi connectivity index (χ0) is 12.4. The molecule has 0 N–H and O–H groups in total. The topological polar surface area (TPSA) is 24.9 Å². The Bertz CT molecular complexity index is 365. The molecule has 18 heavy (non-hydrogen) atoms. The number of rotatable bonds is 3. The molecule has 2 saturated heterocycles. The smallest absolute Gasteiger partial charge is 0.101 e. The second-order valence-corrected chi connectivity index (χ2v) is 4.98. The molecule has 0 amide bonds. The Labute approximate surface area is 108 Å². The number of nitrogens with zero attached hydrogens (tertiary/aromatic N) is 2. The highest BCUT2D eigenvalue weighted by Crippen LogP contribution is 2.28. The molecule has 0 spiro atoms. The van der Waals surface area contributed by atoms with E-state index in [-0.39, 0.29) is 6.17 Å². The van der Waals surface area contributed by atoms with E-state index in [1.165, 1.54) is 11.1 Å². The molecule has 0 aliphatic carbocycles. The summed E-state index contributed by atoms with van der Waals surface area (Å²) < 4.78 is 11.0. The molecule has 4 nitrogen and oxygen atoms in total. The predicted octanol–water partition coefficient (Wildman–Crippen LogP) is 1.57. The van der Waals surface area contributed by atoms with Gasteiger partial charge in [-0.05, 0) is 12.5 Å². The zero-order valence-corrected chi connectivity index (χ0v) is 10.8. The Morgan fingerprint density at radius 2 is 1.50 bits per heavy atom. The van der Waals surface area contributed by atoms with E-state index in [4.69, 9.17) is 9.47 Å². The van der Waals surface area contributed by atoms with Crippen molar-refractivity contribution in [2.45, 2.75) is 13.1 Å². The molecule has 0 unspecified atom stereocenters. The highest BCUT2D eigenvalue weighted by atomic mass is 16.5. The van der Waals surface area contributed by atoms with E-state index in [0.29, 0.717) is 0 Å². The van der Waals surface area contributed by atoms with E-state index in [9.17, 15) is 0 Å². The summed E-state index contributed by atoms with van der Waals surface area (Å²) >= 11 is 0. The van der Waals surface area contributed by atoms with Gasteiger partial charge in [0, 0.05) is 13.1 Å². The molecule has 2 heterocycles. The van der Waals surface area contributed by atoms with Gasteiger partial charge in [0.1, 0.15) is 13.5 Å². The van der Waals surface area contributed by atoms with Crippen LogP contribution in [0, 0.1) is 6.92 Å². The first kappa shape index (κ1) is 12.1. The van der Waals surface area contributed by atoms with E-state index in [1.807, 2.05) is 0 Å². The summed E-state index contributed by atoms with van der Waals surface area (Å²) in [5.41, 5.74) is 2.63. The summed E-state index contributed by atoms with van der Waals surface area (Å²) in [7, 11) is 0. The fourth-order valence-electron chi connectivity index (χ4n) is 2.63. The van der Waals surface area contributed by atoms with Crippen molar-refractivity contribution in [3.63, 3.8) is 0 Å². The van der Waals surface area contributed by atoms with Gasteiger partial charge in [0.25, 0.3) is 0 Å². The summed E-state index contributed by atoms with van der Waals surface area (Å²) in [6.45, 7) is 7.21. The second kappa shape index (κ2) is 5.36. The van der Waals surface area contributed by atoms with Crippen LogP contribution in [0.5, 0.6) is 0 Å². The van der Waals surface area contributed by atoms with Gasteiger partial charge >= 0.3 is 0 Å². The van der Waals surface area contributed by atoms with E-state index < -0.39 is 0 Å². The lowest BCUT2D eigenvalue weighted by Gasteiger charge is -2.33. The van der Waals surface area contributed by atoms with Gasteiger partial charge in [-0.25, -0.2) is 0 Å². The van der Waals surface area contributed by atoms with Crippen LogP contribution in [0.1, 0.15) is 17.3 Å². The first-order valence-electron chi connectivity index (χ1n) is 6.55. The highest BCUT2D eigenvalue weighted by molar-refractivity contribution is 5.24. The summed E-state index contributed by atoms with van der Waals surface area (Å²) in [4.78, 5) is 4.75. The Balaban J connectivity index is 1.85. The van der Waals surface area contributed by atoms with Gasteiger partial charge in [-0.2, -0.15) is 0 Å². The molecule has 0 radical (unpaired) electrons. The lowest BCUT2D eigenvalue weighted by molar-refractivity contribution is 0.0110. The molecular formula is C14H20N2O2. The first-order chi connectivity index (χ1) is 8.84. The normalized spacial score (nSPS) is 22.1. The Morgan fingerprint density at radius 3 is 1.94 bits per heavy atom. The van der Waals surface area contributed by atoms with Gasteiger partial charge in [0.05, 0.1) is 19.4 Å². The van der Waals surface area contributed by atoms with Crippen LogP contribution in [0.2, 0.25) is 0 Å². The van der Waals surface area contributed by atoms with Crippen molar-refractivity contribution in [3.8, 4) is 0 Å². The molecule has 1 aromatic rings.